The lowest BCUT2D eigenvalue weighted by Crippen LogP contribution is -2.49. The summed E-state index contributed by atoms with van der Waals surface area (Å²) in [5.41, 5.74) is 1.10. The van der Waals surface area contributed by atoms with Crippen molar-refractivity contribution in [3.8, 4) is 0 Å². The van der Waals surface area contributed by atoms with Crippen molar-refractivity contribution in [2.24, 2.45) is 0 Å². The second kappa shape index (κ2) is 5.69. The highest BCUT2D eigenvalue weighted by Gasteiger charge is 2.27. The van der Waals surface area contributed by atoms with E-state index in [0.29, 0.717) is 24.4 Å². The highest BCUT2D eigenvalue weighted by Crippen LogP contribution is 2.15. The van der Waals surface area contributed by atoms with Crippen molar-refractivity contribution >= 4 is 21.6 Å². The van der Waals surface area contributed by atoms with E-state index in [-0.39, 0.29) is 11.9 Å². The van der Waals surface area contributed by atoms with Gasteiger partial charge in [-0.1, -0.05) is 6.07 Å². The van der Waals surface area contributed by atoms with E-state index in [0.717, 1.165) is 19.1 Å². The van der Waals surface area contributed by atoms with Crippen LogP contribution < -0.4 is 4.72 Å². The van der Waals surface area contributed by atoms with Crippen LogP contribution in [0, 0.1) is 0 Å². The summed E-state index contributed by atoms with van der Waals surface area (Å²) in [6.07, 6.45) is 6.18. The lowest BCUT2D eigenvalue weighted by Gasteiger charge is -2.32. The summed E-state index contributed by atoms with van der Waals surface area (Å²) in [6, 6.07) is 5.34. The predicted octanol–water partition coefficient (Wildman–Crippen LogP) is 0.488. The Morgan fingerprint density at radius 3 is 2.95 bits per heavy atom. The Bertz CT molecular complexity index is 766. The maximum absolute atomic E-state index is 12.6. The SMILES string of the molecule is CS(=O)(=O)NC1CCCN(C(=O)c2cn3ccccc3n2)C1. The molecule has 7 nitrogen and oxygen atoms in total. The first-order valence-electron chi connectivity index (χ1n) is 7.13. The molecule has 3 heterocycles. The largest absolute Gasteiger partial charge is 0.336 e. The van der Waals surface area contributed by atoms with Crippen molar-refractivity contribution in [1.29, 1.82) is 0 Å². The second-order valence-electron chi connectivity index (χ2n) is 5.57. The maximum atomic E-state index is 12.6. The minimum absolute atomic E-state index is 0.163. The summed E-state index contributed by atoms with van der Waals surface area (Å²) < 4.78 is 27.0. The molecule has 2 aromatic heterocycles. The summed E-state index contributed by atoms with van der Waals surface area (Å²) in [4.78, 5) is 18.5. The fourth-order valence-corrected chi connectivity index (χ4v) is 3.56. The van der Waals surface area contributed by atoms with Gasteiger partial charge in [0.15, 0.2) is 0 Å². The van der Waals surface area contributed by atoms with Gasteiger partial charge in [-0.15, -0.1) is 0 Å². The van der Waals surface area contributed by atoms with E-state index < -0.39 is 10.0 Å². The Hall–Kier alpha value is -1.93. The van der Waals surface area contributed by atoms with E-state index in [4.69, 9.17) is 0 Å². The van der Waals surface area contributed by atoms with Gasteiger partial charge in [0, 0.05) is 31.5 Å². The Morgan fingerprint density at radius 1 is 1.41 bits per heavy atom. The van der Waals surface area contributed by atoms with Crippen LogP contribution in [0.5, 0.6) is 0 Å². The standard InChI is InChI=1S/C14H18N4O3S/c1-22(20,21)16-11-5-4-8-18(9-11)14(19)12-10-17-7-3-2-6-13(17)15-12/h2-3,6-7,10-11,16H,4-5,8-9H2,1H3. The monoisotopic (exact) mass is 322 g/mol. The van der Waals surface area contributed by atoms with E-state index >= 15 is 0 Å². The van der Waals surface area contributed by atoms with Crippen LogP contribution in [0.25, 0.3) is 5.65 Å². The van der Waals surface area contributed by atoms with Crippen molar-refractivity contribution < 1.29 is 13.2 Å². The van der Waals surface area contributed by atoms with E-state index in [1.165, 1.54) is 0 Å². The number of imidazole rings is 1. The molecular weight excluding hydrogens is 304 g/mol. The molecule has 0 spiro atoms. The molecule has 1 aliphatic heterocycles. The summed E-state index contributed by atoms with van der Waals surface area (Å²) in [6.45, 7) is 0.994. The van der Waals surface area contributed by atoms with E-state index in [1.807, 2.05) is 24.4 Å². The molecule has 0 saturated carbocycles. The zero-order valence-corrected chi connectivity index (χ0v) is 13.1. The van der Waals surface area contributed by atoms with Crippen LogP contribution in [0.2, 0.25) is 0 Å². The third-order valence-electron chi connectivity index (χ3n) is 3.67. The number of carbonyl (C=O) groups is 1. The molecule has 0 aromatic carbocycles. The molecule has 1 amide bonds. The molecule has 1 unspecified atom stereocenters. The number of rotatable bonds is 3. The smallest absolute Gasteiger partial charge is 0.274 e. The van der Waals surface area contributed by atoms with Crippen LogP contribution in [0.3, 0.4) is 0 Å². The van der Waals surface area contributed by atoms with Crippen molar-refractivity contribution in [2.45, 2.75) is 18.9 Å². The van der Waals surface area contributed by atoms with Crippen LogP contribution >= 0.6 is 0 Å². The van der Waals surface area contributed by atoms with E-state index in [9.17, 15) is 13.2 Å². The summed E-state index contributed by atoms with van der Waals surface area (Å²) in [7, 11) is -3.27. The summed E-state index contributed by atoms with van der Waals surface area (Å²) >= 11 is 0. The molecule has 1 saturated heterocycles. The number of nitrogens with zero attached hydrogens (tertiary/aromatic N) is 3. The summed E-state index contributed by atoms with van der Waals surface area (Å²) in [5.74, 6) is -0.163. The number of hydrogen-bond acceptors (Lipinski definition) is 4. The first kappa shape index (κ1) is 15.0. The average molecular weight is 322 g/mol. The van der Waals surface area contributed by atoms with E-state index in [1.54, 1.807) is 15.5 Å². The zero-order chi connectivity index (χ0) is 15.7. The minimum atomic E-state index is -3.27. The van der Waals surface area contributed by atoms with Gasteiger partial charge in [-0.3, -0.25) is 4.79 Å². The Kier molecular flexibility index (Phi) is 3.88. The molecule has 0 bridgehead atoms. The number of sulfonamides is 1. The minimum Gasteiger partial charge on any atom is -0.336 e. The number of hydrogen-bond donors (Lipinski definition) is 1. The van der Waals surface area contributed by atoms with Crippen LogP contribution in [-0.2, 0) is 10.0 Å². The van der Waals surface area contributed by atoms with Gasteiger partial charge in [0.05, 0.1) is 6.26 Å². The predicted molar refractivity (Wildman–Crippen MR) is 82.1 cm³/mol. The van der Waals surface area contributed by atoms with Gasteiger partial charge >= 0.3 is 0 Å². The van der Waals surface area contributed by atoms with Gasteiger partial charge in [0.1, 0.15) is 11.3 Å². The molecule has 22 heavy (non-hydrogen) atoms. The first-order valence-corrected chi connectivity index (χ1v) is 9.02. The molecular formula is C14H18N4O3S. The lowest BCUT2D eigenvalue weighted by molar-refractivity contribution is 0.0698. The molecule has 0 aliphatic carbocycles. The van der Waals surface area contributed by atoms with Crippen molar-refractivity contribution in [3.63, 3.8) is 0 Å². The molecule has 118 valence electrons. The topological polar surface area (TPSA) is 83.8 Å². The molecule has 3 rings (SSSR count). The van der Waals surface area contributed by atoms with E-state index in [2.05, 4.69) is 9.71 Å². The number of pyridine rings is 1. The quantitative estimate of drug-likeness (QED) is 0.891. The molecule has 8 heteroatoms. The van der Waals surface area contributed by atoms with Gasteiger partial charge in [-0.05, 0) is 25.0 Å². The van der Waals surface area contributed by atoms with Gasteiger partial charge in [0.25, 0.3) is 5.91 Å². The Morgan fingerprint density at radius 2 is 2.23 bits per heavy atom. The van der Waals surface area contributed by atoms with Gasteiger partial charge in [0.2, 0.25) is 10.0 Å². The van der Waals surface area contributed by atoms with Crippen LogP contribution in [0.4, 0.5) is 0 Å². The van der Waals surface area contributed by atoms with Crippen molar-refractivity contribution in [3.05, 3.63) is 36.3 Å². The van der Waals surface area contributed by atoms with Crippen LogP contribution in [0.15, 0.2) is 30.6 Å². The van der Waals surface area contributed by atoms with Crippen molar-refractivity contribution in [1.82, 2.24) is 19.0 Å². The number of nitrogens with one attached hydrogen (secondary N) is 1. The lowest BCUT2D eigenvalue weighted by atomic mass is 10.1. The summed E-state index contributed by atoms with van der Waals surface area (Å²) in [5, 5.41) is 0. The highest BCUT2D eigenvalue weighted by molar-refractivity contribution is 7.88. The average Bonchev–Trinajstić information content (AvgIpc) is 2.88. The fourth-order valence-electron chi connectivity index (χ4n) is 2.76. The number of piperidine rings is 1. The fraction of sp³-hybridized carbons (Fsp3) is 0.429. The normalized spacial score (nSPS) is 19.5. The number of amides is 1. The zero-order valence-electron chi connectivity index (χ0n) is 12.3. The molecule has 1 fully saturated rings. The van der Waals surface area contributed by atoms with Crippen molar-refractivity contribution in [2.75, 3.05) is 19.3 Å². The third kappa shape index (κ3) is 3.28. The molecule has 1 aliphatic rings. The first-order chi connectivity index (χ1) is 10.4. The van der Waals surface area contributed by atoms with Gasteiger partial charge in [-0.25, -0.2) is 18.1 Å². The van der Waals surface area contributed by atoms with Gasteiger partial charge < -0.3 is 9.30 Å². The Labute approximate surface area is 129 Å². The Balaban J connectivity index is 1.76. The number of fused-ring (bicyclic) bond motifs is 1. The second-order valence-corrected chi connectivity index (χ2v) is 7.35. The van der Waals surface area contributed by atoms with Gasteiger partial charge in [-0.2, -0.15) is 0 Å². The maximum Gasteiger partial charge on any atom is 0.274 e. The highest BCUT2D eigenvalue weighted by atomic mass is 32.2. The molecule has 0 radical (unpaired) electrons. The third-order valence-corrected chi connectivity index (χ3v) is 4.43. The molecule has 1 N–H and O–H groups in total. The molecule has 1 atom stereocenters. The number of aromatic nitrogens is 2. The number of carbonyl (C=O) groups excluding carboxylic acids is 1. The number of likely N-dealkylation sites (tertiary alicyclic amines) is 1. The van der Waals surface area contributed by atoms with Crippen LogP contribution in [0.1, 0.15) is 23.3 Å². The van der Waals surface area contributed by atoms with Crippen LogP contribution in [-0.4, -0.2) is 54.0 Å². The molecule has 2 aromatic rings.